The van der Waals surface area contributed by atoms with Crippen molar-refractivity contribution in [2.24, 2.45) is 5.41 Å². The lowest BCUT2D eigenvalue weighted by molar-refractivity contribution is -0.138. The number of aliphatic carboxylic acids is 1. The van der Waals surface area contributed by atoms with Crippen molar-refractivity contribution in [1.29, 1.82) is 0 Å². The fourth-order valence-corrected chi connectivity index (χ4v) is 1.66. The Balaban J connectivity index is 2.73. The normalized spacial score (nSPS) is 13.1. The van der Waals surface area contributed by atoms with Gasteiger partial charge in [0.05, 0.1) is 24.3 Å². The number of aromatic nitrogens is 2. The molecular weight excluding hydrogens is 242 g/mol. The van der Waals surface area contributed by atoms with Crippen molar-refractivity contribution in [2.45, 2.75) is 33.2 Å². The maximum absolute atomic E-state index is 11.7. The summed E-state index contributed by atoms with van der Waals surface area (Å²) in [6, 6.07) is -0.450. The lowest BCUT2D eigenvalue weighted by Gasteiger charge is -2.30. The monoisotopic (exact) mass is 257 g/mol. The van der Waals surface area contributed by atoms with Gasteiger partial charge in [-0.1, -0.05) is 20.8 Å². The fourth-order valence-electron chi connectivity index (χ4n) is 1.25. The van der Waals surface area contributed by atoms with Crippen LogP contribution in [0.25, 0.3) is 0 Å². The van der Waals surface area contributed by atoms with E-state index in [-0.39, 0.29) is 23.4 Å². The van der Waals surface area contributed by atoms with Crippen LogP contribution in [0.3, 0.4) is 0 Å². The Labute approximate surface area is 103 Å². The van der Waals surface area contributed by atoms with Crippen molar-refractivity contribution >= 4 is 23.6 Å². The van der Waals surface area contributed by atoms with Crippen molar-refractivity contribution in [2.75, 3.05) is 0 Å². The lowest BCUT2D eigenvalue weighted by atomic mass is 9.84. The smallest absolute Gasteiger partial charge is 0.305 e. The topological polar surface area (TPSA) is 92.2 Å². The summed E-state index contributed by atoms with van der Waals surface area (Å²) >= 11 is 0.939. The molecule has 0 spiro atoms. The number of carbonyl (C=O) groups is 2. The zero-order valence-corrected chi connectivity index (χ0v) is 10.7. The number of carbonyl (C=O) groups excluding carboxylic acids is 1. The summed E-state index contributed by atoms with van der Waals surface area (Å²) in [7, 11) is 0. The largest absolute Gasteiger partial charge is 0.481 e. The second-order valence-corrected chi connectivity index (χ2v) is 5.34. The van der Waals surface area contributed by atoms with E-state index in [9.17, 15) is 9.59 Å². The molecule has 0 saturated heterocycles. The highest BCUT2D eigenvalue weighted by atomic mass is 32.1. The van der Waals surface area contributed by atoms with Crippen molar-refractivity contribution in [3.63, 3.8) is 0 Å². The van der Waals surface area contributed by atoms with Crippen LogP contribution in [-0.4, -0.2) is 31.8 Å². The number of rotatable bonds is 4. The molecule has 1 aromatic heterocycles. The van der Waals surface area contributed by atoms with Gasteiger partial charge in [-0.3, -0.25) is 9.59 Å². The molecule has 0 aliphatic heterocycles. The molecule has 17 heavy (non-hydrogen) atoms. The first-order valence-corrected chi connectivity index (χ1v) is 5.84. The Morgan fingerprint density at radius 2 is 2.18 bits per heavy atom. The molecule has 0 aromatic carbocycles. The van der Waals surface area contributed by atoms with Gasteiger partial charge in [0.2, 0.25) is 0 Å². The number of hydrogen-bond donors (Lipinski definition) is 2. The first kappa shape index (κ1) is 13.6. The summed E-state index contributed by atoms with van der Waals surface area (Å²) in [4.78, 5) is 22.5. The van der Waals surface area contributed by atoms with Crippen LogP contribution < -0.4 is 5.32 Å². The van der Waals surface area contributed by atoms with E-state index >= 15 is 0 Å². The average Bonchev–Trinajstić information content (AvgIpc) is 2.66. The van der Waals surface area contributed by atoms with Gasteiger partial charge in [0.1, 0.15) is 0 Å². The Bertz CT molecular complexity index is 397. The van der Waals surface area contributed by atoms with Crippen LogP contribution in [0, 0.1) is 5.41 Å². The molecule has 1 atom stereocenters. The molecule has 1 rings (SSSR count). The molecule has 1 unspecified atom stereocenters. The molecule has 1 heterocycles. The zero-order chi connectivity index (χ0) is 13.1. The minimum Gasteiger partial charge on any atom is -0.481 e. The van der Waals surface area contributed by atoms with Crippen LogP contribution in [0.4, 0.5) is 0 Å². The van der Waals surface area contributed by atoms with Crippen LogP contribution in [0.1, 0.15) is 37.7 Å². The van der Waals surface area contributed by atoms with Crippen molar-refractivity contribution in [3.8, 4) is 0 Å². The molecular formula is C10H15N3O3S. The van der Waals surface area contributed by atoms with Crippen LogP contribution in [-0.2, 0) is 4.79 Å². The molecule has 94 valence electrons. The maximum atomic E-state index is 11.7. The summed E-state index contributed by atoms with van der Waals surface area (Å²) in [5.74, 6) is -1.33. The maximum Gasteiger partial charge on any atom is 0.305 e. The van der Waals surface area contributed by atoms with E-state index in [1.807, 2.05) is 20.8 Å². The van der Waals surface area contributed by atoms with Gasteiger partial charge in [0, 0.05) is 6.04 Å². The van der Waals surface area contributed by atoms with Gasteiger partial charge in [-0.15, -0.1) is 0 Å². The quantitative estimate of drug-likeness (QED) is 0.844. The average molecular weight is 257 g/mol. The minimum atomic E-state index is -0.943. The lowest BCUT2D eigenvalue weighted by Crippen LogP contribution is -2.45. The molecule has 0 fully saturated rings. The number of carboxylic acid groups (broad SMARTS) is 1. The Hall–Kier alpha value is -1.50. The number of nitrogens with zero attached hydrogens (tertiary/aromatic N) is 2. The second-order valence-electron chi connectivity index (χ2n) is 4.78. The summed E-state index contributed by atoms with van der Waals surface area (Å²) in [5, 5.41) is 11.5. The number of carboxylic acids is 1. The molecule has 2 N–H and O–H groups in total. The first-order valence-electron chi connectivity index (χ1n) is 5.11. The molecule has 0 aliphatic rings. The molecule has 0 radical (unpaired) electrons. The van der Waals surface area contributed by atoms with Crippen molar-refractivity contribution < 1.29 is 14.7 Å². The van der Waals surface area contributed by atoms with Gasteiger partial charge in [0.15, 0.2) is 5.69 Å². The third-order valence-electron chi connectivity index (χ3n) is 2.32. The summed E-state index contributed by atoms with van der Waals surface area (Å²) in [6.45, 7) is 5.63. The van der Waals surface area contributed by atoms with Gasteiger partial charge in [-0.2, -0.15) is 8.75 Å². The fraction of sp³-hybridized carbons (Fsp3) is 0.600. The van der Waals surface area contributed by atoms with Gasteiger partial charge in [-0.25, -0.2) is 0 Å². The van der Waals surface area contributed by atoms with Gasteiger partial charge in [-0.05, 0) is 5.41 Å². The van der Waals surface area contributed by atoms with Crippen molar-refractivity contribution in [1.82, 2.24) is 14.1 Å². The summed E-state index contributed by atoms with van der Waals surface area (Å²) < 4.78 is 7.53. The Morgan fingerprint density at radius 3 is 2.59 bits per heavy atom. The third kappa shape index (κ3) is 4.10. The van der Waals surface area contributed by atoms with Crippen LogP contribution in [0.2, 0.25) is 0 Å². The first-order chi connectivity index (χ1) is 7.80. The minimum absolute atomic E-state index is 0.118. The van der Waals surface area contributed by atoms with E-state index in [1.165, 1.54) is 6.20 Å². The van der Waals surface area contributed by atoms with Gasteiger partial charge in [0.25, 0.3) is 5.91 Å². The zero-order valence-electron chi connectivity index (χ0n) is 9.93. The van der Waals surface area contributed by atoms with Crippen LogP contribution in [0.15, 0.2) is 6.20 Å². The number of hydrogen-bond acceptors (Lipinski definition) is 5. The predicted octanol–water partition coefficient (Wildman–Crippen LogP) is 1.16. The molecule has 1 aromatic rings. The number of nitrogens with one attached hydrogen (secondary N) is 1. The van der Waals surface area contributed by atoms with E-state index < -0.39 is 12.0 Å². The molecule has 0 aliphatic carbocycles. The van der Waals surface area contributed by atoms with E-state index in [2.05, 4.69) is 14.1 Å². The highest BCUT2D eigenvalue weighted by molar-refractivity contribution is 6.99. The molecule has 0 saturated carbocycles. The van der Waals surface area contributed by atoms with E-state index in [4.69, 9.17) is 5.11 Å². The molecule has 6 nitrogen and oxygen atoms in total. The number of amides is 1. The molecule has 7 heteroatoms. The molecule has 1 amide bonds. The van der Waals surface area contributed by atoms with Gasteiger partial charge < -0.3 is 10.4 Å². The van der Waals surface area contributed by atoms with E-state index in [0.717, 1.165) is 11.7 Å². The summed E-state index contributed by atoms with van der Waals surface area (Å²) in [6.07, 6.45) is 1.24. The predicted molar refractivity (Wildman–Crippen MR) is 62.9 cm³/mol. The van der Waals surface area contributed by atoms with E-state index in [1.54, 1.807) is 0 Å². The molecule has 0 bridgehead atoms. The van der Waals surface area contributed by atoms with Crippen molar-refractivity contribution in [3.05, 3.63) is 11.9 Å². The van der Waals surface area contributed by atoms with Gasteiger partial charge >= 0.3 is 5.97 Å². The van der Waals surface area contributed by atoms with Crippen LogP contribution in [0.5, 0.6) is 0 Å². The SMILES string of the molecule is CC(C)(C)C(CC(=O)O)NC(=O)c1cnsn1. The highest BCUT2D eigenvalue weighted by Crippen LogP contribution is 2.22. The van der Waals surface area contributed by atoms with E-state index in [0.29, 0.717) is 0 Å². The Morgan fingerprint density at radius 1 is 1.53 bits per heavy atom. The second kappa shape index (κ2) is 5.22. The summed E-state index contributed by atoms with van der Waals surface area (Å²) in [5.41, 5.74) is -0.119. The van der Waals surface area contributed by atoms with Crippen LogP contribution >= 0.6 is 11.7 Å². The Kier molecular flexibility index (Phi) is 4.17. The standard InChI is InChI=1S/C10H15N3O3S/c1-10(2,3)7(4-8(14)15)12-9(16)6-5-11-17-13-6/h5,7H,4H2,1-3H3,(H,12,16)(H,14,15). The third-order valence-corrected chi connectivity index (χ3v) is 2.80. The highest BCUT2D eigenvalue weighted by Gasteiger charge is 2.29.